The number of aliphatic imine (C=N–C) groups is 1. The number of aryl methyl sites for hydroxylation is 2. The molecule has 0 unspecified atom stereocenters. The van der Waals surface area contributed by atoms with E-state index in [1.165, 1.54) is 24.0 Å². The number of hydrogen-bond acceptors (Lipinski definition) is 2. The summed E-state index contributed by atoms with van der Waals surface area (Å²) in [6, 6.07) is 16.6. The number of para-hydroxylation sites is 1. The Kier molecular flexibility index (Phi) is 8.15. The predicted molar refractivity (Wildman–Crippen MR) is 114 cm³/mol. The zero-order valence-electron chi connectivity index (χ0n) is 16.5. The molecule has 2 aromatic carbocycles. The molecule has 138 valence electrons. The monoisotopic (exact) mass is 415 g/mol. The average Bonchev–Trinajstić information content (AvgIpc) is 2.62. The Bertz CT molecular complexity index is 754. The van der Waals surface area contributed by atoms with E-state index in [9.17, 15) is 0 Å². The van der Waals surface area contributed by atoms with Gasteiger partial charge in [0.2, 0.25) is 0 Å². The molecule has 0 amide bonds. The number of benzene rings is 2. The van der Waals surface area contributed by atoms with Crippen LogP contribution in [0.5, 0.6) is 0 Å². The van der Waals surface area contributed by atoms with Crippen LogP contribution in [0.1, 0.15) is 50.3 Å². The Hall–Kier alpha value is -1.83. The van der Waals surface area contributed by atoms with E-state index in [1.54, 1.807) is 0 Å². The van der Waals surface area contributed by atoms with Crippen LogP contribution >= 0.6 is 0 Å². The summed E-state index contributed by atoms with van der Waals surface area (Å²) in [5.74, 6) is 0.925. The molecule has 2 aromatic rings. The topological polar surface area (TPSA) is 21.6 Å². The third-order valence-corrected chi connectivity index (χ3v) is 5.96. The molecule has 0 radical (unpaired) electrons. The van der Waals surface area contributed by atoms with Crippen LogP contribution in [-0.4, -0.2) is 19.8 Å². The fourth-order valence-electron chi connectivity index (χ4n) is 2.59. The van der Waals surface area contributed by atoms with Gasteiger partial charge >= 0.3 is 165 Å². The summed E-state index contributed by atoms with van der Waals surface area (Å²) in [7, 11) is 0. The average molecular weight is 414 g/mol. The van der Waals surface area contributed by atoms with Crippen LogP contribution in [0.2, 0.25) is 5.32 Å². The summed E-state index contributed by atoms with van der Waals surface area (Å²) in [5, 5.41) is 1.15. The van der Waals surface area contributed by atoms with Crippen molar-refractivity contribution in [2.75, 3.05) is 0 Å². The molecular weight excluding hydrogens is 385 g/mol. The van der Waals surface area contributed by atoms with E-state index in [-0.39, 0.29) is 15.0 Å². The molecule has 0 heterocycles. The number of hydrogen-bond donors (Lipinski definition) is 0. The maximum absolute atomic E-state index is 6.42. The van der Waals surface area contributed by atoms with Crippen LogP contribution in [0.25, 0.3) is 5.76 Å². The van der Waals surface area contributed by atoms with Crippen molar-refractivity contribution in [3.05, 3.63) is 70.8 Å². The van der Waals surface area contributed by atoms with Crippen LogP contribution in [-0.2, 0) is 4.74 Å². The molecule has 0 aliphatic rings. The van der Waals surface area contributed by atoms with Gasteiger partial charge in [-0.25, -0.2) is 0 Å². The minimum atomic E-state index is 0.222. The van der Waals surface area contributed by atoms with E-state index >= 15 is 0 Å². The molecule has 2 rings (SSSR count). The zero-order valence-corrected chi connectivity index (χ0v) is 18.2. The quantitative estimate of drug-likeness (QED) is 0.163. The number of unbranched alkanes of at least 4 members (excludes halogenated alkanes) is 1. The van der Waals surface area contributed by atoms with Gasteiger partial charge in [-0.2, -0.15) is 0 Å². The van der Waals surface area contributed by atoms with Gasteiger partial charge < -0.3 is 0 Å². The summed E-state index contributed by atoms with van der Waals surface area (Å²) < 4.78 is 6.42. The van der Waals surface area contributed by atoms with Crippen molar-refractivity contribution in [2.24, 2.45) is 4.99 Å². The molecule has 2 nitrogen and oxygen atoms in total. The van der Waals surface area contributed by atoms with Crippen LogP contribution < -0.4 is 0 Å². The van der Waals surface area contributed by atoms with Gasteiger partial charge in [0, 0.05) is 0 Å². The first-order valence-electron chi connectivity index (χ1n) is 9.21. The first-order valence-corrected chi connectivity index (χ1v) is 11.3. The molecule has 0 saturated carbocycles. The molecule has 26 heavy (non-hydrogen) atoms. The Labute approximate surface area is 164 Å². The molecule has 3 heteroatoms. The van der Waals surface area contributed by atoms with E-state index in [0.29, 0.717) is 0 Å². The molecule has 0 fully saturated rings. The molecule has 0 saturated heterocycles. The van der Waals surface area contributed by atoms with Crippen molar-refractivity contribution < 1.29 is 4.74 Å². The first kappa shape index (κ1) is 20.5. The van der Waals surface area contributed by atoms with Gasteiger partial charge in [0.1, 0.15) is 0 Å². The second-order valence-corrected chi connectivity index (χ2v) is 8.81. The summed E-state index contributed by atoms with van der Waals surface area (Å²) in [6.45, 7) is 10.6. The van der Waals surface area contributed by atoms with Crippen LogP contribution in [0, 0.1) is 13.8 Å². The Morgan fingerprint density at radius 3 is 2.19 bits per heavy atom. The second-order valence-electron chi connectivity index (χ2n) is 6.62. The number of allylic oxidation sites excluding steroid dienone is 1. The molecule has 0 aliphatic carbocycles. The van der Waals surface area contributed by atoms with E-state index in [4.69, 9.17) is 9.73 Å². The Morgan fingerprint density at radius 1 is 0.962 bits per heavy atom. The number of rotatable bonds is 7. The Morgan fingerprint density at radius 2 is 1.62 bits per heavy atom. The molecular formula is C23H29NOSe. The molecule has 0 aromatic heterocycles. The minimum absolute atomic E-state index is 0.222. The fourth-order valence-corrected chi connectivity index (χ4v) is 4.49. The number of nitrogens with zero attached hydrogens (tertiary/aromatic N) is 1. The van der Waals surface area contributed by atoms with E-state index < -0.39 is 0 Å². The van der Waals surface area contributed by atoms with E-state index in [2.05, 4.69) is 65.0 Å². The summed E-state index contributed by atoms with van der Waals surface area (Å²) in [6.07, 6.45) is 2.41. The van der Waals surface area contributed by atoms with Crippen LogP contribution in [0.3, 0.4) is 0 Å². The van der Waals surface area contributed by atoms with Crippen molar-refractivity contribution in [2.45, 2.75) is 52.8 Å². The summed E-state index contributed by atoms with van der Waals surface area (Å²) >= 11 is 0.222. The fraction of sp³-hybridized carbons (Fsp3) is 0.348. The van der Waals surface area contributed by atoms with Crippen molar-refractivity contribution in [3.63, 3.8) is 0 Å². The molecule has 0 aliphatic heterocycles. The van der Waals surface area contributed by atoms with Gasteiger partial charge in [-0.05, 0) is 0 Å². The van der Waals surface area contributed by atoms with Gasteiger partial charge in [0.25, 0.3) is 0 Å². The van der Waals surface area contributed by atoms with Crippen molar-refractivity contribution in [1.29, 1.82) is 0 Å². The van der Waals surface area contributed by atoms with E-state index in [1.807, 2.05) is 18.2 Å². The third-order valence-electron chi connectivity index (χ3n) is 4.05. The van der Waals surface area contributed by atoms with Crippen LogP contribution in [0.15, 0.2) is 59.1 Å². The third kappa shape index (κ3) is 5.86. The van der Waals surface area contributed by atoms with Gasteiger partial charge in [-0.15, -0.1) is 0 Å². The molecule has 0 bridgehead atoms. The van der Waals surface area contributed by atoms with Gasteiger partial charge in [-0.1, -0.05) is 0 Å². The zero-order chi connectivity index (χ0) is 18.9. The molecule has 0 atom stereocenters. The second kappa shape index (κ2) is 10.4. The summed E-state index contributed by atoms with van der Waals surface area (Å²) in [4.78, 5) is 5.83. The predicted octanol–water partition coefficient (Wildman–Crippen LogP) is 6.68. The molecule has 0 N–H and O–H groups in total. The van der Waals surface area contributed by atoms with Crippen molar-refractivity contribution in [3.8, 4) is 0 Å². The number of ether oxygens (including phenoxy) is 1. The van der Waals surface area contributed by atoms with Crippen LogP contribution in [0.4, 0.5) is 5.69 Å². The summed E-state index contributed by atoms with van der Waals surface area (Å²) in [5.41, 5.74) is 5.69. The SMILES string of the molecule is CCCC[Se]C(=Nc1c(C)cccc1C)OC(=C(C)C)c1ccccc1. The van der Waals surface area contributed by atoms with Gasteiger partial charge in [-0.3, -0.25) is 0 Å². The van der Waals surface area contributed by atoms with E-state index in [0.717, 1.165) is 32.7 Å². The van der Waals surface area contributed by atoms with Crippen molar-refractivity contribution in [1.82, 2.24) is 0 Å². The standard InChI is InChI=1S/C23H29NOSe/c1-6-7-16-26-23(24-21-18(4)12-11-13-19(21)5)25-22(17(2)3)20-14-9-8-10-15-20/h8-15H,6-7,16H2,1-5H3. The first-order chi connectivity index (χ1) is 12.5. The van der Waals surface area contributed by atoms with Gasteiger partial charge in [0.05, 0.1) is 0 Å². The van der Waals surface area contributed by atoms with Gasteiger partial charge in [0.15, 0.2) is 0 Å². The Balaban J connectivity index is 2.38. The molecule has 0 spiro atoms. The normalized spacial score (nSPS) is 11.3. The maximum atomic E-state index is 6.42. The van der Waals surface area contributed by atoms with Crippen molar-refractivity contribution >= 4 is 31.2 Å².